The number of nitrogens with zero attached hydrogens (tertiary/aromatic N) is 4. The first-order chi connectivity index (χ1) is 22.3. The van der Waals surface area contributed by atoms with Crippen LogP contribution in [0.3, 0.4) is 0 Å². The summed E-state index contributed by atoms with van der Waals surface area (Å²) in [5.74, 6) is -3.34. The molecule has 46 heavy (non-hydrogen) atoms. The van der Waals surface area contributed by atoms with Crippen LogP contribution in [-0.2, 0) is 24.6 Å². The molecular formula is C36H26N4O6. The molecule has 10 heteroatoms. The molecule has 0 spiro atoms. The van der Waals surface area contributed by atoms with Crippen LogP contribution in [0.5, 0.6) is 0 Å². The van der Waals surface area contributed by atoms with E-state index in [4.69, 9.17) is 5.10 Å². The quantitative estimate of drug-likeness (QED) is 0.143. The SMILES string of the molecule is O=C1[C@@H]2[C@H]3C=C[C@@H]([C@@H]4C[C@H]34)[C@@H]2C(=O)N1/N=C\C12c3ccccc3C(c3ccccc31)[C@@H]1C(=O)N(c3ccc([N+](=O)[O-])cc3)C(=O)[C@H]12. The van der Waals surface area contributed by atoms with E-state index in [1.54, 1.807) is 6.21 Å². The predicted molar refractivity (Wildman–Crippen MR) is 163 cm³/mol. The van der Waals surface area contributed by atoms with Gasteiger partial charge in [0.15, 0.2) is 0 Å². The first-order valence-corrected chi connectivity index (χ1v) is 15.8. The lowest BCUT2D eigenvalue weighted by molar-refractivity contribution is -0.384. The lowest BCUT2D eigenvalue weighted by Gasteiger charge is -2.52. The maximum atomic E-state index is 14.6. The third-order valence-electron chi connectivity index (χ3n) is 12.0. The van der Waals surface area contributed by atoms with E-state index in [0.717, 1.165) is 38.6 Å². The fourth-order valence-corrected chi connectivity index (χ4v) is 10.2. The third-order valence-corrected chi connectivity index (χ3v) is 12.0. The number of allylic oxidation sites excluding steroid dienone is 2. The molecule has 3 aromatic rings. The first kappa shape index (κ1) is 26.0. The molecular weight excluding hydrogens is 584 g/mol. The number of anilines is 1. The van der Waals surface area contributed by atoms with E-state index in [9.17, 15) is 29.3 Å². The number of nitro benzene ring substituents is 1. The number of carbonyl (C=O) groups is 4. The van der Waals surface area contributed by atoms with Crippen LogP contribution in [0.15, 0.2) is 90.0 Å². The van der Waals surface area contributed by atoms with Gasteiger partial charge in [0.1, 0.15) is 0 Å². The number of benzene rings is 3. The molecule has 0 aromatic heterocycles. The second kappa shape index (κ2) is 8.51. The normalized spacial score (nSPS) is 37.0. The summed E-state index contributed by atoms with van der Waals surface area (Å²) in [6, 6.07) is 20.8. The summed E-state index contributed by atoms with van der Waals surface area (Å²) >= 11 is 0. The minimum absolute atomic E-state index is 0.0510. The Labute approximate surface area is 262 Å². The van der Waals surface area contributed by atoms with Crippen molar-refractivity contribution >= 4 is 41.2 Å². The first-order valence-electron chi connectivity index (χ1n) is 15.8. The highest BCUT2D eigenvalue weighted by atomic mass is 16.6. The van der Waals surface area contributed by atoms with Crippen molar-refractivity contribution in [3.63, 3.8) is 0 Å². The molecule has 4 amide bonds. The smallest absolute Gasteiger partial charge is 0.269 e. The molecule has 12 rings (SSSR count). The van der Waals surface area contributed by atoms with Gasteiger partial charge in [0.25, 0.3) is 17.5 Å². The topological polar surface area (TPSA) is 130 Å². The van der Waals surface area contributed by atoms with Gasteiger partial charge in [-0.05, 0) is 64.5 Å². The molecule has 0 unspecified atom stereocenters. The fraction of sp³-hybridized carbons (Fsp3) is 0.306. The van der Waals surface area contributed by atoms with E-state index < -0.39 is 51.7 Å². The molecule has 10 nitrogen and oxygen atoms in total. The van der Waals surface area contributed by atoms with Crippen LogP contribution in [-0.4, -0.2) is 39.8 Å². The van der Waals surface area contributed by atoms with Crippen LogP contribution < -0.4 is 4.90 Å². The Morgan fingerprint density at radius 1 is 0.739 bits per heavy atom. The van der Waals surface area contributed by atoms with Crippen molar-refractivity contribution in [3.05, 3.63) is 117 Å². The molecule has 226 valence electrons. The van der Waals surface area contributed by atoms with Gasteiger partial charge < -0.3 is 0 Å². The fourth-order valence-electron chi connectivity index (χ4n) is 10.2. The van der Waals surface area contributed by atoms with Gasteiger partial charge in [0.05, 0.1) is 39.7 Å². The van der Waals surface area contributed by atoms with Gasteiger partial charge in [0, 0.05) is 24.3 Å². The van der Waals surface area contributed by atoms with Gasteiger partial charge in [-0.15, -0.1) is 0 Å². The van der Waals surface area contributed by atoms with Crippen LogP contribution in [0.25, 0.3) is 0 Å². The van der Waals surface area contributed by atoms with Gasteiger partial charge in [0.2, 0.25) is 11.8 Å². The monoisotopic (exact) mass is 610 g/mol. The molecule has 7 aliphatic carbocycles. The molecule has 4 fully saturated rings. The number of non-ortho nitro benzene ring substituents is 1. The van der Waals surface area contributed by atoms with Crippen LogP contribution in [0, 0.1) is 57.5 Å². The lowest BCUT2D eigenvalue weighted by atomic mass is 9.47. The average Bonchev–Trinajstić information content (AvgIpc) is 3.81. The number of imide groups is 2. The van der Waals surface area contributed by atoms with Crippen molar-refractivity contribution in [3.8, 4) is 0 Å². The zero-order valence-corrected chi connectivity index (χ0v) is 24.3. The molecule has 2 saturated heterocycles. The molecule has 0 radical (unpaired) electrons. The van der Waals surface area contributed by atoms with E-state index in [-0.39, 0.29) is 35.0 Å². The number of hydrazone groups is 1. The summed E-state index contributed by atoms with van der Waals surface area (Å²) in [6.07, 6.45) is 6.88. The molecule has 2 aliphatic heterocycles. The van der Waals surface area contributed by atoms with Crippen molar-refractivity contribution in [2.24, 2.45) is 52.4 Å². The molecule has 9 aliphatic rings. The number of nitro groups is 1. The molecule has 3 aromatic carbocycles. The molecule has 8 atom stereocenters. The zero-order chi connectivity index (χ0) is 31.2. The van der Waals surface area contributed by atoms with Crippen molar-refractivity contribution in [1.82, 2.24) is 5.01 Å². The van der Waals surface area contributed by atoms with E-state index in [1.165, 1.54) is 24.3 Å². The van der Waals surface area contributed by atoms with Gasteiger partial charge in [-0.2, -0.15) is 10.1 Å². The Kier molecular flexibility index (Phi) is 4.81. The number of carbonyl (C=O) groups excluding carboxylic acids is 4. The van der Waals surface area contributed by atoms with Crippen molar-refractivity contribution in [1.29, 1.82) is 0 Å². The zero-order valence-electron chi connectivity index (χ0n) is 24.3. The maximum absolute atomic E-state index is 14.6. The third kappa shape index (κ3) is 2.91. The lowest BCUT2D eigenvalue weighted by Crippen LogP contribution is -2.55. The Hall–Kier alpha value is -5.25. The van der Waals surface area contributed by atoms with E-state index in [1.807, 2.05) is 48.5 Å². The highest BCUT2D eigenvalue weighted by Crippen LogP contribution is 2.66. The van der Waals surface area contributed by atoms with E-state index in [0.29, 0.717) is 11.8 Å². The Morgan fingerprint density at radius 3 is 1.87 bits per heavy atom. The average molecular weight is 611 g/mol. The summed E-state index contributed by atoms with van der Waals surface area (Å²) in [4.78, 5) is 68.7. The highest BCUT2D eigenvalue weighted by Gasteiger charge is 2.69. The Bertz CT molecular complexity index is 1950. The van der Waals surface area contributed by atoms with Gasteiger partial charge in [-0.25, -0.2) is 4.90 Å². The number of hydrogen-bond donors (Lipinski definition) is 0. The molecule has 2 heterocycles. The van der Waals surface area contributed by atoms with Crippen LogP contribution in [0.4, 0.5) is 11.4 Å². The van der Waals surface area contributed by atoms with Crippen LogP contribution in [0.1, 0.15) is 34.6 Å². The van der Waals surface area contributed by atoms with Gasteiger partial charge in [-0.3, -0.25) is 29.3 Å². The molecule has 0 N–H and O–H groups in total. The van der Waals surface area contributed by atoms with Crippen molar-refractivity contribution in [2.45, 2.75) is 17.8 Å². The Balaban J connectivity index is 1.14. The maximum Gasteiger partial charge on any atom is 0.269 e. The molecule has 2 saturated carbocycles. The predicted octanol–water partition coefficient (Wildman–Crippen LogP) is 4.18. The summed E-state index contributed by atoms with van der Waals surface area (Å²) in [6.45, 7) is 0. The number of amides is 4. The van der Waals surface area contributed by atoms with Crippen LogP contribution >= 0.6 is 0 Å². The summed E-state index contributed by atoms with van der Waals surface area (Å²) in [7, 11) is 0. The number of rotatable bonds is 4. The van der Waals surface area contributed by atoms with E-state index >= 15 is 0 Å². The number of hydrogen-bond acceptors (Lipinski definition) is 7. The van der Waals surface area contributed by atoms with Crippen molar-refractivity contribution < 1.29 is 24.1 Å². The summed E-state index contributed by atoms with van der Waals surface area (Å²) in [5, 5.41) is 17.1. The van der Waals surface area contributed by atoms with Gasteiger partial charge >= 0.3 is 0 Å². The molecule has 4 bridgehead atoms. The Morgan fingerprint density at radius 2 is 1.30 bits per heavy atom. The van der Waals surface area contributed by atoms with Crippen LogP contribution in [0.2, 0.25) is 0 Å². The highest BCUT2D eigenvalue weighted by molar-refractivity contribution is 6.25. The van der Waals surface area contributed by atoms with Gasteiger partial charge in [-0.1, -0.05) is 60.7 Å². The van der Waals surface area contributed by atoms with E-state index in [2.05, 4.69) is 12.2 Å². The second-order valence-electron chi connectivity index (χ2n) is 13.7. The standard InChI is InChI=1S/C36H26N4O6/c41-32-30-27-21-5-1-3-7-25(21)36(26-8-4-2-6-22(26)27,31(30)35(44)38(32)17-9-11-18(12-10-17)40(45)46)16-37-39-33(42)28-19-13-14-20(24-15-23(19)24)29(28)34(39)43/h1-14,16,19-20,23-24,27-31H,15H2/b37-16-/t19-,20-,23-,24+,27?,28-,29+,30-,31-,36?/m0/s1. The largest absolute Gasteiger partial charge is 0.274 e. The summed E-state index contributed by atoms with van der Waals surface area (Å²) < 4.78 is 0. The minimum atomic E-state index is -1.25. The summed E-state index contributed by atoms with van der Waals surface area (Å²) in [5.41, 5.74) is 2.29. The minimum Gasteiger partial charge on any atom is -0.274 e. The van der Waals surface area contributed by atoms with Crippen molar-refractivity contribution in [2.75, 3.05) is 4.90 Å². The second-order valence-corrected chi connectivity index (χ2v) is 13.7.